The summed E-state index contributed by atoms with van der Waals surface area (Å²) in [6.45, 7) is 2.31. The van der Waals surface area contributed by atoms with Crippen molar-refractivity contribution in [3.8, 4) is 5.75 Å². The number of rotatable bonds is 1. The highest BCUT2D eigenvalue weighted by atomic mass is 35.5. The zero-order chi connectivity index (χ0) is 31.1. The second-order valence-electron chi connectivity index (χ2n) is 13.2. The van der Waals surface area contributed by atoms with Gasteiger partial charge in [-0.1, -0.05) is 35.9 Å². The van der Waals surface area contributed by atoms with E-state index in [-0.39, 0.29) is 23.2 Å². The molecule has 8 nitrogen and oxygen atoms in total. The summed E-state index contributed by atoms with van der Waals surface area (Å²) in [6.07, 6.45) is 9.25. The molecular weight excluding hydrogens is 580 g/mol. The van der Waals surface area contributed by atoms with E-state index in [1.54, 1.807) is 25.2 Å². The van der Waals surface area contributed by atoms with Crippen LogP contribution in [-0.2, 0) is 31.8 Å². The van der Waals surface area contributed by atoms with Gasteiger partial charge in [0.15, 0.2) is 5.60 Å². The third-order valence-corrected chi connectivity index (χ3v) is 10.7. The second-order valence-corrected chi connectivity index (χ2v) is 13.6. The summed E-state index contributed by atoms with van der Waals surface area (Å²) in [4.78, 5) is 30.3. The number of amides is 1. The number of fused-ring (bicyclic) bond motifs is 4. The molecule has 236 valence electrons. The highest BCUT2D eigenvalue weighted by Gasteiger charge is 2.46. The molecule has 2 aromatic rings. The van der Waals surface area contributed by atoms with Gasteiger partial charge in [0.05, 0.1) is 31.9 Å². The quantitative estimate of drug-likeness (QED) is 0.350. The predicted octanol–water partition coefficient (Wildman–Crippen LogP) is 4.76. The molecule has 2 bridgehead atoms. The third kappa shape index (κ3) is 5.72. The van der Waals surface area contributed by atoms with Crippen molar-refractivity contribution in [3.05, 3.63) is 70.3 Å². The number of nitrogens with zero attached hydrogens (tertiary/aromatic N) is 2. The van der Waals surface area contributed by atoms with E-state index in [9.17, 15) is 19.8 Å². The van der Waals surface area contributed by atoms with E-state index in [0.717, 1.165) is 42.8 Å². The smallest absolute Gasteiger partial charge is 0.343 e. The average molecular weight is 623 g/mol. The zero-order valence-corrected chi connectivity index (χ0v) is 26.4. The molecule has 2 heterocycles. The molecule has 2 aliphatic carbocycles. The van der Waals surface area contributed by atoms with Crippen LogP contribution in [0.15, 0.2) is 48.6 Å². The summed E-state index contributed by atoms with van der Waals surface area (Å²) in [7, 11) is 2.90. The maximum Gasteiger partial charge on any atom is 0.343 e. The molecule has 0 aromatic heterocycles. The predicted molar refractivity (Wildman–Crippen MR) is 169 cm³/mol. The summed E-state index contributed by atoms with van der Waals surface area (Å²) >= 11 is 6.41. The fourth-order valence-electron chi connectivity index (χ4n) is 7.69. The molecule has 2 N–H and O–H groups in total. The van der Waals surface area contributed by atoms with Crippen molar-refractivity contribution in [2.45, 2.75) is 68.5 Å². The molecule has 0 unspecified atom stereocenters. The number of ether oxygens (including phenoxy) is 2. The van der Waals surface area contributed by atoms with Crippen molar-refractivity contribution in [2.24, 2.45) is 11.8 Å². The molecule has 6 rings (SSSR count). The van der Waals surface area contributed by atoms with Crippen LogP contribution in [0.3, 0.4) is 0 Å². The fourth-order valence-corrected chi connectivity index (χ4v) is 7.88. The molecule has 1 saturated carbocycles. The van der Waals surface area contributed by atoms with E-state index in [4.69, 9.17) is 21.1 Å². The van der Waals surface area contributed by atoms with E-state index >= 15 is 0 Å². The van der Waals surface area contributed by atoms with Gasteiger partial charge in [0.25, 0.3) is 0 Å². The van der Waals surface area contributed by atoms with E-state index in [1.807, 2.05) is 18.2 Å². The van der Waals surface area contributed by atoms with Gasteiger partial charge in [-0.3, -0.25) is 4.79 Å². The van der Waals surface area contributed by atoms with Gasteiger partial charge in [-0.15, -0.1) is 0 Å². The number of anilines is 1. The first-order valence-corrected chi connectivity index (χ1v) is 16.2. The lowest BCUT2D eigenvalue weighted by atomic mass is 9.68. The average Bonchev–Trinajstić information content (AvgIpc) is 3.14. The summed E-state index contributed by atoms with van der Waals surface area (Å²) in [5, 5.41) is 23.7. The van der Waals surface area contributed by atoms with Crippen LogP contribution >= 0.6 is 11.6 Å². The minimum absolute atomic E-state index is 0.141. The fraction of sp³-hybridized carbons (Fsp3) is 0.543. The number of esters is 1. The Morgan fingerprint density at radius 3 is 2.77 bits per heavy atom. The molecule has 4 aliphatic rings. The minimum atomic E-state index is -2.16. The monoisotopic (exact) mass is 622 g/mol. The van der Waals surface area contributed by atoms with Crippen LogP contribution < -0.4 is 9.64 Å². The van der Waals surface area contributed by atoms with Crippen LogP contribution in [0.5, 0.6) is 5.75 Å². The SMILES string of the molecule is COC(=O)[C@]1(O)CC(=O)N(C)CCC/C=C\[C@H](O)[C@@H]2CC[C@H]2CN2C[C@@]3(CCCc4cc(Cl)ccc43)COc3ccc1cc32. The van der Waals surface area contributed by atoms with Gasteiger partial charge in [0, 0.05) is 37.1 Å². The highest BCUT2D eigenvalue weighted by molar-refractivity contribution is 6.30. The molecule has 0 saturated heterocycles. The number of allylic oxidation sites excluding steroid dienone is 1. The molecule has 1 amide bonds. The van der Waals surface area contributed by atoms with Gasteiger partial charge in [0.1, 0.15) is 5.75 Å². The molecule has 44 heavy (non-hydrogen) atoms. The molecule has 0 radical (unpaired) electrons. The summed E-state index contributed by atoms with van der Waals surface area (Å²) < 4.78 is 11.7. The van der Waals surface area contributed by atoms with Gasteiger partial charge in [-0.05, 0) is 97.7 Å². The van der Waals surface area contributed by atoms with Crippen LogP contribution in [0, 0.1) is 11.8 Å². The molecule has 1 spiro atoms. The van der Waals surface area contributed by atoms with Crippen LogP contribution in [0.4, 0.5) is 5.69 Å². The van der Waals surface area contributed by atoms with Crippen molar-refractivity contribution in [3.63, 3.8) is 0 Å². The van der Waals surface area contributed by atoms with Crippen LogP contribution in [0.25, 0.3) is 0 Å². The van der Waals surface area contributed by atoms with Crippen molar-refractivity contribution in [1.29, 1.82) is 0 Å². The van der Waals surface area contributed by atoms with Gasteiger partial charge < -0.3 is 29.5 Å². The zero-order valence-electron chi connectivity index (χ0n) is 25.6. The Hall–Kier alpha value is -3.07. The number of carbonyl (C=O) groups is 2. The molecular formula is C35H43ClN2O6. The lowest BCUT2D eigenvalue weighted by molar-refractivity contribution is -0.168. The Kier molecular flexibility index (Phi) is 8.70. The highest BCUT2D eigenvalue weighted by Crippen LogP contribution is 2.47. The maximum absolute atomic E-state index is 13.3. The van der Waals surface area contributed by atoms with Crippen molar-refractivity contribution in [2.75, 3.05) is 45.3 Å². The Labute approximate surface area is 264 Å². The van der Waals surface area contributed by atoms with Crippen LogP contribution in [0.2, 0.25) is 5.02 Å². The van der Waals surface area contributed by atoms with Crippen LogP contribution in [-0.4, -0.2) is 73.5 Å². The summed E-state index contributed by atoms with van der Waals surface area (Å²) in [5.74, 6) is -0.168. The molecule has 9 heteroatoms. The van der Waals surface area contributed by atoms with E-state index in [2.05, 4.69) is 17.0 Å². The number of carbonyl (C=O) groups excluding carboxylic acids is 2. The second kappa shape index (κ2) is 12.4. The van der Waals surface area contributed by atoms with Crippen LogP contribution in [0.1, 0.15) is 61.6 Å². The van der Waals surface area contributed by atoms with Gasteiger partial charge in [-0.25, -0.2) is 4.79 Å². The summed E-state index contributed by atoms with van der Waals surface area (Å²) in [6, 6.07) is 11.4. The molecule has 5 atom stereocenters. The first-order valence-electron chi connectivity index (χ1n) is 15.8. The standard InChI is InChI=1S/C35H43ClN2O6/c1-37-16-5-3-4-8-30(39)27-12-9-24(27)20-38-21-34(15-6-7-23-17-26(36)11-13-28(23)34)22-44-31-14-10-25(18-29(31)38)35(42,19-32(37)40)33(41)43-2/h4,8,10-11,13-14,17-18,24,27,30,39,42H,3,5-7,9,12,15-16,19-22H2,1-2H3/b8-4-/t24-,27+,30-,34-,35-/m0/s1. The van der Waals surface area contributed by atoms with Crippen molar-refractivity contribution < 1.29 is 29.3 Å². The minimum Gasteiger partial charge on any atom is -0.490 e. The molecule has 2 aromatic carbocycles. The number of methoxy groups -OCH3 is 1. The van der Waals surface area contributed by atoms with E-state index < -0.39 is 24.1 Å². The maximum atomic E-state index is 13.3. The first kappa shape index (κ1) is 30.9. The van der Waals surface area contributed by atoms with Gasteiger partial charge in [0.2, 0.25) is 5.91 Å². The van der Waals surface area contributed by atoms with Crippen molar-refractivity contribution in [1.82, 2.24) is 4.90 Å². The number of aliphatic hydroxyl groups excluding tert-OH is 1. The lowest BCUT2D eigenvalue weighted by Gasteiger charge is -2.45. The Bertz CT molecular complexity index is 1450. The van der Waals surface area contributed by atoms with Crippen molar-refractivity contribution >= 4 is 29.2 Å². The number of benzene rings is 2. The number of aliphatic hydroxyl groups is 2. The van der Waals surface area contributed by atoms with E-state index in [0.29, 0.717) is 50.4 Å². The third-order valence-electron chi connectivity index (χ3n) is 10.4. The van der Waals surface area contributed by atoms with Gasteiger partial charge in [-0.2, -0.15) is 0 Å². The number of hydrogen-bond acceptors (Lipinski definition) is 7. The number of aryl methyl sites for hydroxylation is 1. The van der Waals surface area contributed by atoms with E-state index in [1.165, 1.54) is 23.1 Å². The normalized spacial score (nSPS) is 31.5. The Morgan fingerprint density at radius 1 is 1.16 bits per heavy atom. The molecule has 1 fully saturated rings. The first-order chi connectivity index (χ1) is 21.1. The number of halogens is 1. The molecule has 2 aliphatic heterocycles. The van der Waals surface area contributed by atoms with Gasteiger partial charge >= 0.3 is 5.97 Å². The largest absolute Gasteiger partial charge is 0.490 e. The number of hydrogen-bond donors (Lipinski definition) is 2. The Morgan fingerprint density at radius 2 is 2.00 bits per heavy atom. The Balaban J connectivity index is 1.46. The lowest BCUT2D eigenvalue weighted by Crippen LogP contribution is -2.49. The summed E-state index contributed by atoms with van der Waals surface area (Å²) in [5.41, 5.74) is 1.10. The topological polar surface area (TPSA) is 99.5 Å².